The number of hydrogen-bond donors (Lipinski definition) is 0. The average molecular weight is 192 g/mol. The fourth-order valence-corrected chi connectivity index (χ4v) is 1.81. The highest BCUT2D eigenvalue weighted by Crippen LogP contribution is 2.18. The summed E-state index contributed by atoms with van der Waals surface area (Å²) in [5, 5.41) is 0. The zero-order valence-corrected chi connectivity index (χ0v) is 8.84. The van der Waals surface area contributed by atoms with Crippen molar-refractivity contribution in [3.8, 4) is 0 Å². The average Bonchev–Trinajstić information content (AvgIpc) is 2.27. The summed E-state index contributed by atoms with van der Waals surface area (Å²) in [7, 11) is 0. The minimum Gasteiger partial charge on any atom is -0.376 e. The Bertz CT molecular complexity index is 319. The molecule has 0 aliphatic carbocycles. The Morgan fingerprint density at radius 3 is 2.79 bits per heavy atom. The molecular formula is C11H16N2O. The van der Waals surface area contributed by atoms with Crippen LogP contribution in [0.4, 0.5) is 0 Å². The molecule has 1 aromatic heterocycles. The number of aromatic nitrogens is 2. The summed E-state index contributed by atoms with van der Waals surface area (Å²) in [4.78, 5) is 9.08. The van der Waals surface area contributed by atoms with Crippen LogP contribution in [0.2, 0.25) is 0 Å². The quantitative estimate of drug-likeness (QED) is 0.715. The first-order chi connectivity index (χ1) is 6.85. The Morgan fingerprint density at radius 1 is 1.21 bits per heavy atom. The molecule has 0 aromatic carbocycles. The van der Waals surface area contributed by atoms with E-state index in [0.29, 0.717) is 6.61 Å². The first-order valence-electron chi connectivity index (χ1n) is 5.30. The summed E-state index contributed by atoms with van der Waals surface area (Å²) in [5.74, 6) is 0.975. The van der Waals surface area contributed by atoms with Gasteiger partial charge in [-0.2, -0.15) is 0 Å². The van der Waals surface area contributed by atoms with Crippen LogP contribution in [0.5, 0.6) is 0 Å². The van der Waals surface area contributed by atoms with Crippen molar-refractivity contribution in [3.63, 3.8) is 0 Å². The topological polar surface area (TPSA) is 35.0 Å². The number of fused-ring (bicyclic) bond motifs is 1. The molecule has 0 amide bonds. The lowest BCUT2D eigenvalue weighted by Gasteiger charge is -2.18. The second-order valence-corrected chi connectivity index (χ2v) is 3.52. The highest BCUT2D eigenvalue weighted by atomic mass is 16.5. The van der Waals surface area contributed by atoms with Gasteiger partial charge in [-0.05, 0) is 6.42 Å². The third-order valence-corrected chi connectivity index (χ3v) is 2.61. The summed E-state index contributed by atoms with van der Waals surface area (Å²) in [6.07, 6.45) is 2.83. The van der Waals surface area contributed by atoms with Gasteiger partial charge in [-0.3, -0.25) is 0 Å². The highest BCUT2D eigenvalue weighted by molar-refractivity contribution is 5.27. The monoisotopic (exact) mass is 192 g/mol. The van der Waals surface area contributed by atoms with E-state index in [9.17, 15) is 0 Å². The van der Waals surface area contributed by atoms with Gasteiger partial charge in [0.1, 0.15) is 5.82 Å². The van der Waals surface area contributed by atoms with Crippen molar-refractivity contribution in [2.24, 2.45) is 0 Å². The lowest BCUT2D eigenvalue weighted by molar-refractivity contribution is 0.108. The zero-order chi connectivity index (χ0) is 9.97. The van der Waals surface area contributed by atoms with Crippen molar-refractivity contribution in [3.05, 3.63) is 22.8 Å². The van der Waals surface area contributed by atoms with Crippen LogP contribution < -0.4 is 0 Å². The molecule has 1 aliphatic heterocycles. The van der Waals surface area contributed by atoms with Crippen molar-refractivity contribution in [1.82, 2.24) is 9.97 Å². The van der Waals surface area contributed by atoms with Gasteiger partial charge in [0, 0.05) is 24.1 Å². The molecule has 2 rings (SSSR count). The molecule has 0 saturated heterocycles. The molecule has 0 saturated carbocycles. The predicted molar refractivity (Wildman–Crippen MR) is 54.1 cm³/mol. The Hall–Kier alpha value is -0.960. The molecule has 2 heterocycles. The van der Waals surface area contributed by atoms with Crippen LogP contribution in [0, 0.1) is 0 Å². The maximum absolute atomic E-state index is 5.43. The molecule has 0 spiro atoms. The number of nitrogens with zero attached hydrogens (tertiary/aromatic N) is 2. The lowest BCUT2D eigenvalue weighted by atomic mass is 10.1. The van der Waals surface area contributed by atoms with E-state index in [1.54, 1.807) is 0 Å². The Balaban J connectivity index is 2.47. The van der Waals surface area contributed by atoms with E-state index in [2.05, 4.69) is 23.8 Å². The van der Waals surface area contributed by atoms with Crippen molar-refractivity contribution in [2.45, 2.75) is 39.7 Å². The second-order valence-electron chi connectivity index (χ2n) is 3.52. The number of ether oxygens (including phenoxy) is 1. The van der Waals surface area contributed by atoms with Gasteiger partial charge in [0.15, 0.2) is 0 Å². The Kier molecular flexibility index (Phi) is 2.77. The molecule has 0 bridgehead atoms. The van der Waals surface area contributed by atoms with Crippen LogP contribution in [0.15, 0.2) is 0 Å². The highest BCUT2D eigenvalue weighted by Gasteiger charge is 2.16. The predicted octanol–water partition coefficient (Wildman–Crippen LogP) is 1.67. The van der Waals surface area contributed by atoms with Gasteiger partial charge in [0.05, 0.1) is 18.9 Å². The van der Waals surface area contributed by atoms with Crippen molar-refractivity contribution in [2.75, 3.05) is 6.61 Å². The number of rotatable bonds is 2. The van der Waals surface area contributed by atoms with E-state index in [4.69, 9.17) is 4.74 Å². The zero-order valence-electron chi connectivity index (χ0n) is 8.84. The second kappa shape index (κ2) is 4.05. The van der Waals surface area contributed by atoms with Gasteiger partial charge in [-0.25, -0.2) is 9.97 Å². The molecule has 3 nitrogen and oxygen atoms in total. The Labute approximate surface area is 84.5 Å². The normalized spacial score (nSPS) is 15.3. The smallest absolute Gasteiger partial charge is 0.128 e. The lowest BCUT2D eigenvalue weighted by Crippen LogP contribution is -2.17. The van der Waals surface area contributed by atoms with Crippen molar-refractivity contribution < 1.29 is 4.74 Å². The fourth-order valence-electron chi connectivity index (χ4n) is 1.81. The van der Waals surface area contributed by atoms with Gasteiger partial charge in [0.25, 0.3) is 0 Å². The number of aryl methyl sites for hydroxylation is 2. The minimum atomic E-state index is 0.697. The molecular weight excluding hydrogens is 176 g/mol. The maximum Gasteiger partial charge on any atom is 0.128 e. The van der Waals surface area contributed by atoms with Gasteiger partial charge < -0.3 is 4.74 Å². The maximum atomic E-state index is 5.43. The fraction of sp³-hybridized carbons (Fsp3) is 0.636. The van der Waals surface area contributed by atoms with E-state index in [-0.39, 0.29) is 0 Å². The summed E-state index contributed by atoms with van der Waals surface area (Å²) in [5.41, 5.74) is 3.61. The summed E-state index contributed by atoms with van der Waals surface area (Å²) in [6, 6.07) is 0. The standard InChI is InChI=1S/C11H16N2O/c1-3-9-8-7-14-6-5-10(8)13-11(4-2)12-9/h3-7H2,1-2H3. The van der Waals surface area contributed by atoms with E-state index in [1.165, 1.54) is 17.0 Å². The van der Waals surface area contributed by atoms with E-state index < -0.39 is 0 Å². The molecule has 3 heteroatoms. The molecule has 0 atom stereocenters. The Morgan fingerprint density at radius 2 is 2.07 bits per heavy atom. The SMILES string of the molecule is CCc1nc(CC)c2c(n1)CCOC2. The van der Waals surface area contributed by atoms with Crippen LogP contribution in [-0.4, -0.2) is 16.6 Å². The third-order valence-electron chi connectivity index (χ3n) is 2.61. The van der Waals surface area contributed by atoms with Crippen LogP contribution >= 0.6 is 0 Å². The van der Waals surface area contributed by atoms with E-state index in [1.807, 2.05) is 0 Å². The molecule has 0 radical (unpaired) electrons. The van der Waals surface area contributed by atoms with Crippen LogP contribution in [0.3, 0.4) is 0 Å². The molecule has 1 aromatic rings. The minimum absolute atomic E-state index is 0.697. The summed E-state index contributed by atoms with van der Waals surface area (Å²) in [6.45, 7) is 5.73. The molecule has 0 fully saturated rings. The molecule has 0 N–H and O–H groups in total. The third kappa shape index (κ3) is 1.64. The van der Waals surface area contributed by atoms with E-state index in [0.717, 1.165) is 31.7 Å². The number of hydrogen-bond acceptors (Lipinski definition) is 3. The van der Waals surface area contributed by atoms with E-state index >= 15 is 0 Å². The largest absolute Gasteiger partial charge is 0.376 e. The van der Waals surface area contributed by atoms with Gasteiger partial charge in [-0.15, -0.1) is 0 Å². The first kappa shape index (κ1) is 9.59. The molecule has 76 valence electrons. The van der Waals surface area contributed by atoms with Crippen LogP contribution in [-0.2, 0) is 30.6 Å². The van der Waals surface area contributed by atoms with Crippen molar-refractivity contribution in [1.29, 1.82) is 0 Å². The molecule has 14 heavy (non-hydrogen) atoms. The van der Waals surface area contributed by atoms with Crippen LogP contribution in [0.1, 0.15) is 36.6 Å². The van der Waals surface area contributed by atoms with Crippen LogP contribution in [0.25, 0.3) is 0 Å². The van der Waals surface area contributed by atoms with Gasteiger partial charge in [0.2, 0.25) is 0 Å². The molecule has 0 unspecified atom stereocenters. The van der Waals surface area contributed by atoms with Crippen molar-refractivity contribution >= 4 is 0 Å². The van der Waals surface area contributed by atoms with Gasteiger partial charge in [-0.1, -0.05) is 13.8 Å². The summed E-state index contributed by atoms with van der Waals surface area (Å²) < 4.78 is 5.43. The first-order valence-corrected chi connectivity index (χ1v) is 5.30. The summed E-state index contributed by atoms with van der Waals surface area (Å²) >= 11 is 0. The van der Waals surface area contributed by atoms with Gasteiger partial charge >= 0.3 is 0 Å². The molecule has 1 aliphatic rings.